The van der Waals surface area contributed by atoms with Crippen LogP contribution in [0.4, 0.5) is 0 Å². The molecule has 0 aromatic carbocycles. The number of nitrogens with zero attached hydrogens (tertiary/aromatic N) is 1. The van der Waals surface area contributed by atoms with E-state index in [0.29, 0.717) is 6.04 Å². The third-order valence-corrected chi connectivity index (χ3v) is 2.22. The molecule has 2 N–H and O–H groups in total. The molecule has 1 heterocycles. The summed E-state index contributed by atoms with van der Waals surface area (Å²) in [6.45, 7) is 6.16. The zero-order valence-corrected chi connectivity index (χ0v) is 8.99. The van der Waals surface area contributed by atoms with E-state index in [9.17, 15) is 5.11 Å². The van der Waals surface area contributed by atoms with Crippen LogP contribution < -0.4 is 5.32 Å². The van der Waals surface area contributed by atoms with Crippen LogP contribution in [-0.4, -0.2) is 22.7 Å². The number of aliphatic hydroxyl groups is 1. The van der Waals surface area contributed by atoms with Gasteiger partial charge in [0.05, 0.1) is 12.1 Å². The van der Waals surface area contributed by atoms with Crippen molar-refractivity contribution in [3.8, 4) is 0 Å². The Kier molecular flexibility index (Phi) is 3.61. The van der Waals surface area contributed by atoms with Gasteiger partial charge in [0, 0.05) is 18.4 Å². The third kappa shape index (κ3) is 2.53. The van der Waals surface area contributed by atoms with Crippen molar-refractivity contribution in [2.24, 2.45) is 0 Å². The van der Waals surface area contributed by atoms with Gasteiger partial charge in [-0.3, -0.25) is 4.98 Å². The zero-order valence-electron chi connectivity index (χ0n) is 8.99. The molecule has 0 spiro atoms. The molecule has 1 aromatic heterocycles. The number of pyridine rings is 1. The molecule has 0 amide bonds. The molecular weight excluding hydrogens is 176 g/mol. The molecule has 0 saturated heterocycles. The van der Waals surface area contributed by atoms with Crippen LogP contribution in [0.5, 0.6) is 0 Å². The van der Waals surface area contributed by atoms with E-state index >= 15 is 0 Å². The minimum atomic E-state index is -0.400. The third-order valence-electron chi connectivity index (χ3n) is 2.22. The fourth-order valence-electron chi connectivity index (χ4n) is 1.55. The van der Waals surface area contributed by atoms with Gasteiger partial charge in [-0.15, -0.1) is 0 Å². The summed E-state index contributed by atoms with van der Waals surface area (Å²) >= 11 is 0. The van der Waals surface area contributed by atoms with Gasteiger partial charge in [0.25, 0.3) is 0 Å². The molecule has 0 bridgehead atoms. The fourth-order valence-corrected chi connectivity index (χ4v) is 1.55. The van der Waals surface area contributed by atoms with Crippen molar-refractivity contribution in [3.05, 3.63) is 30.1 Å². The minimum Gasteiger partial charge on any atom is -0.394 e. The lowest BCUT2D eigenvalue weighted by molar-refractivity contribution is 0.165. The van der Waals surface area contributed by atoms with Gasteiger partial charge >= 0.3 is 0 Å². The largest absolute Gasteiger partial charge is 0.394 e. The molecule has 0 fully saturated rings. The lowest BCUT2D eigenvalue weighted by atomic mass is 9.93. The van der Waals surface area contributed by atoms with E-state index in [2.05, 4.69) is 24.1 Å². The van der Waals surface area contributed by atoms with Crippen molar-refractivity contribution in [3.63, 3.8) is 0 Å². The van der Waals surface area contributed by atoms with Crippen molar-refractivity contribution >= 4 is 0 Å². The van der Waals surface area contributed by atoms with Crippen molar-refractivity contribution in [2.45, 2.75) is 32.4 Å². The Hall–Kier alpha value is -0.930. The quantitative estimate of drug-likeness (QED) is 0.759. The monoisotopic (exact) mass is 194 g/mol. The van der Waals surface area contributed by atoms with E-state index in [0.717, 1.165) is 5.56 Å². The molecule has 3 heteroatoms. The Balaban J connectivity index is 2.90. The number of hydrogen-bond donors (Lipinski definition) is 2. The smallest absolute Gasteiger partial charge is 0.0657 e. The standard InChI is InChI=1S/C11H18N2O/c1-9(2)13-11(3,8-14)10-5-4-6-12-7-10/h4-7,9,13-14H,8H2,1-3H3. The summed E-state index contributed by atoms with van der Waals surface area (Å²) < 4.78 is 0. The Labute approximate surface area is 85.2 Å². The number of aliphatic hydroxyl groups excluding tert-OH is 1. The maximum absolute atomic E-state index is 9.40. The summed E-state index contributed by atoms with van der Waals surface area (Å²) in [5.74, 6) is 0. The maximum Gasteiger partial charge on any atom is 0.0657 e. The van der Waals surface area contributed by atoms with E-state index in [1.165, 1.54) is 0 Å². The minimum absolute atomic E-state index is 0.0663. The van der Waals surface area contributed by atoms with Gasteiger partial charge in [-0.2, -0.15) is 0 Å². The van der Waals surface area contributed by atoms with E-state index in [-0.39, 0.29) is 6.61 Å². The molecule has 0 saturated carbocycles. The van der Waals surface area contributed by atoms with Crippen LogP contribution in [0.25, 0.3) is 0 Å². The summed E-state index contributed by atoms with van der Waals surface area (Å²) in [6, 6.07) is 4.18. The second-order valence-electron chi connectivity index (χ2n) is 4.03. The molecule has 0 aliphatic carbocycles. The second-order valence-corrected chi connectivity index (χ2v) is 4.03. The van der Waals surface area contributed by atoms with Crippen molar-refractivity contribution in [1.82, 2.24) is 10.3 Å². The molecule has 0 aliphatic heterocycles. The van der Waals surface area contributed by atoms with Gasteiger partial charge in [0.2, 0.25) is 0 Å². The van der Waals surface area contributed by atoms with Crippen LogP contribution >= 0.6 is 0 Å². The lowest BCUT2D eigenvalue weighted by Crippen LogP contribution is -2.46. The molecule has 0 aliphatic rings. The summed E-state index contributed by atoms with van der Waals surface area (Å²) in [7, 11) is 0. The van der Waals surface area contributed by atoms with Crippen LogP contribution in [0.3, 0.4) is 0 Å². The topological polar surface area (TPSA) is 45.1 Å². The summed E-state index contributed by atoms with van der Waals surface area (Å²) in [6.07, 6.45) is 3.52. The van der Waals surface area contributed by atoms with Gasteiger partial charge in [-0.25, -0.2) is 0 Å². The van der Waals surface area contributed by atoms with E-state index in [1.807, 2.05) is 19.1 Å². The van der Waals surface area contributed by atoms with E-state index in [1.54, 1.807) is 12.4 Å². The normalized spacial score (nSPS) is 15.5. The highest BCUT2D eigenvalue weighted by Gasteiger charge is 2.26. The Morgan fingerprint density at radius 3 is 2.71 bits per heavy atom. The number of nitrogens with one attached hydrogen (secondary N) is 1. The molecule has 1 rings (SSSR count). The first-order chi connectivity index (χ1) is 6.58. The highest BCUT2D eigenvalue weighted by atomic mass is 16.3. The SMILES string of the molecule is CC(C)NC(C)(CO)c1cccnc1. The molecular formula is C11H18N2O. The summed E-state index contributed by atoms with van der Waals surface area (Å²) in [4.78, 5) is 4.05. The first kappa shape index (κ1) is 11.1. The highest BCUT2D eigenvalue weighted by Crippen LogP contribution is 2.19. The summed E-state index contributed by atoms with van der Waals surface area (Å²) in [5.41, 5.74) is 0.610. The van der Waals surface area contributed by atoms with Gasteiger partial charge in [0.1, 0.15) is 0 Å². The zero-order chi connectivity index (χ0) is 10.6. The van der Waals surface area contributed by atoms with Gasteiger partial charge in [-0.1, -0.05) is 6.07 Å². The van der Waals surface area contributed by atoms with Gasteiger partial charge in [-0.05, 0) is 32.4 Å². The van der Waals surface area contributed by atoms with Crippen LogP contribution in [-0.2, 0) is 5.54 Å². The second kappa shape index (κ2) is 4.53. The fraction of sp³-hybridized carbons (Fsp3) is 0.545. The molecule has 1 atom stereocenters. The molecule has 0 radical (unpaired) electrons. The van der Waals surface area contributed by atoms with Gasteiger partial charge in [0.15, 0.2) is 0 Å². The molecule has 3 nitrogen and oxygen atoms in total. The van der Waals surface area contributed by atoms with Crippen molar-refractivity contribution in [2.75, 3.05) is 6.61 Å². The Morgan fingerprint density at radius 1 is 1.57 bits per heavy atom. The average molecular weight is 194 g/mol. The van der Waals surface area contributed by atoms with Crippen LogP contribution in [0.2, 0.25) is 0 Å². The average Bonchev–Trinajstić information content (AvgIpc) is 2.18. The molecule has 1 unspecified atom stereocenters. The van der Waals surface area contributed by atoms with Crippen molar-refractivity contribution < 1.29 is 5.11 Å². The van der Waals surface area contributed by atoms with Gasteiger partial charge < -0.3 is 10.4 Å². The first-order valence-corrected chi connectivity index (χ1v) is 4.87. The lowest BCUT2D eigenvalue weighted by Gasteiger charge is -2.31. The maximum atomic E-state index is 9.40. The van der Waals surface area contributed by atoms with Crippen molar-refractivity contribution in [1.29, 1.82) is 0 Å². The predicted octanol–water partition coefficient (Wildman–Crippen LogP) is 1.29. The number of aromatic nitrogens is 1. The molecule has 14 heavy (non-hydrogen) atoms. The number of rotatable bonds is 4. The van der Waals surface area contributed by atoms with E-state index in [4.69, 9.17) is 0 Å². The number of hydrogen-bond acceptors (Lipinski definition) is 3. The van der Waals surface area contributed by atoms with Crippen LogP contribution in [0.1, 0.15) is 26.3 Å². The van der Waals surface area contributed by atoms with Crippen LogP contribution in [0, 0.1) is 0 Å². The predicted molar refractivity (Wildman–Crippen MR) is 56.9 cm³/mol. The highest BCUT2D eigenvalue weighted by molar-refractivity contribution is 5.19. The van der Waals surface area contributed by atoms with E-state index < -0.39 is 5.54 Å². The molecule has 78 valence electrons. The Morgan fingerprint density at radius 2 is 2.29 bits per heavy atom. The Bertz CT molecular complexity index is 274. The first-order valence-electron chi connectivity index (χ1n) is 4.87. The summed E-state index contributed by atoms with van der Waals surface area (Å²) in [5, 5.41) is 12.7. The molecule has 1 aromatic rings. The van der Waals surface area contributed by atoms with Crippen LogP contribution in [0.15, 0.2) is 24.5 Å².